The first-order valence-corrected chi connectivity index (χ1v) is 6.84. The largest absolute Gasteiger partial charge is 0.461 e. The molecule has 0 unspecified atom stereocenters. The van der Waals surface area contributed by atoms with Crippen LogP contribution in [0.4, 0.5) is 11.4 Å². The summed E-state index contributed by atoms with van der Waals surface area (Å²) in [5.74, 6) is -1.95. The highest BCUT2D eigenvalue weighted by Gasteiger charge is 2.24. The number of rotatable bonds is 7. The Morgan fingerprint density at radius 3 is 2.26 bits per heavy atom. The number of carbonyl (C=O) groups is 2. The fourth-order valence-electron chi connectivity index (χ4n) is 1.64. The van der Waals surface area contributed by atoms with Gasteiger partial charge in [-0.1, -0.05) is 12.1 Å². The number of nitrogens with zero attached hydrogens (tertiary/aromatic N) is 2. The lowest BCUT2D eigenvalue weighted by atomic mass is 10.2. The number of anilines is 1. The molecule has 1 aromatic carbocycles. The third-order valence-electron chi connectivity index (χ3n) is 2.66. The lowest BCUT2D eigenvalue weighted by Crippen LogP contribution is -2.29. The van der Waals surface area contributed by atoms with Crippen LogP contribution in [0.3, 0.4) is 0 Å². The number of ether oxygens (including phenoxy) is 2. The number of aryl methyl sites for hydroxylation is 1. The van der Waals surface area contributed by atoms with Crippen LogP contribution in [0.25, 0.3) is 0 Å². The topological polar surface area (TPSA) is 120 Å². The van der Waals surface area contributed by atoms with E-state index in [0.717, 1.165) is 0 Å². The summed E-state index contributed by atoms with van der Waals surface area (Å²) < 4.78 is 9.45. The van der Waals surface area contributed by atoms with Crippen LogP contribution in [-0.4, -0.2) is 35.8 Å². The van der Waals surface area contributed by atoms with Crippen molar-refractivity contribution in [2.75, 3.05) is 18.6 Å². The van der Waals surface area contributed by atoms with Gasteiger partial charge in [0.2, 0.25) is 0 Å². The number of esters is 2. The minimum atomic E-state index is -0.977. The van der Waals surface area contributed by atoms with E-state index in [4.69, 9.17) is 9.47 Å². The number of nitro groups is 1. The first kappa shape index (κ1) is 18.1. The summed E-state index contributed by atoms with van der Waals surface area (Å²) in [5.41, 5.74) is 2.13. The normalized spacial score (nSPS) is 9.70. The second-order valence-electron chi connectivity index (χ2n) is 4.24. The molecule has 1 rings (SSSR count). The maximum absolute atomic E-state index is 11.8. The van der Waals surface area contributed by atoms with E-state index >= 15 is 0 Å². The molecule has 0 atom stereocenters. The van der Waals surface area contributed by atoms with Crippen LogP contribution < -0.4 is 5.43 Å². The third kappa shape index (κ3) is 4.77. The Balaban J connectivity index is 3.17. The number of hydrazone groups is 1. The maximum atomic E-state index is 11.8. The molecule has 0 aromatic heterocycles. The van der Waals surface area contributed by atoms with Gasteiger partial charge in [-0.3, -0.25) is 15.5 Å². The van der Waals surface area contributed by atoms with Gasteiger partial charge in [-0.05, 0) is 26.3 Å². The number of carbonyl (C=O) groups excluding carboxylic acids is 2. The summed E-state index contributed by atoms with van der Waals surface area (Å²) in [6, 6.07) is 4.42. The average molecular weight is 323 g/mol. The number of hydrogen-bond donors (Lipinski definition) is 1. The van der Waals surface area contributed by atoms with Crippen molar-refractivity contribution in [2.45, 2.75) is 20.8 Å². The number of para-hydroxylation sites is 1. The Labute approximate surface area is 132 Å². The smallest absolute Gasteiger partial charge is 0.366 e. The summed E-state index contributed by atoms with van der Waals surface area (Å²) in [5, 5.41) is 14.7. The monoisotopic (exact) mass is 323 g/mol. The molecule has 1 N–H and O–H groups in total. The van der Waals surface area contributed by atoms with Gasteiger partial charge in [0.25, 0.3) is 11.4 Å². The van der Waals surface area contributed by atoms with E-state index in [1.54, 1.807) is 26.8 Å². The van der Waals surface area contributed by atoms with E-state index in [1.807, 2.05) is 0 Å². The quantitative estimate of drug-likeness (QED) is 0.267. The number of benzene rings is 1. The van der Waals surface area contributed by atoms with E-state index < -0.39 is 22.6 Å². The van der Waals surface area contributed by atoms with Crippen molar-refractivity contribution in [3.63, 3.8) is 0 Å². The molecule has 0 bridgehead atoms. The van der Waals surface area contributed by atoms with Gasteiger partial charge in [-0.2, -0.15) is 5.10 Å². The fraction of sp³-hybridized carbons (Fsp3) is 0.357. The van der Waals surface area contributed by atoms with E-state index in [9.17, 15) is 19.7 Å². The summed E-state index contributed by atoms with van der Waals surface area (Å²) in [6.07, 6.45) is 0. The van der Waals surface area contributed by atoms with Crippen LogP contribution in [0.5, 0.6) is 0 Å². The molecule has 0 aliphatic heterocycles. The summed E-state index contributed by atoms with van der Waals surface area (Å²) in [6.45, 7) is 4.85. The number of nitrogens with one attached hydrogen (secondary N) is 1. The highest BCUT2D eigenvalue weighted by molar-refractivity contribution is 6.62. The van der Waals surface area contributed by atoms with Crippen molar-refractivity contribution in [3.05, 3.63) is 33.9 Å². The lowest BCUT2D eigenvalue weighted by Gasteiger charge is -2.08. The van der Waals surface area contributed by atoms with Gasteiger partial charge in [0.05, 0.1) is 18.1 Å². The zero-order chi connectivity index (χ0) is 17.4. The SMILES string of the molecule is CCOC(=O)C(=NNc1c(C)cccc1[N+](=O)[O-])C(=O)OCC. The van der Waals surface area contributed by atoms with Gasteiger partial charge < -0.3 is 9.47 Å². The minimum Gasteiger partial charge on any atom is -0.461 e. The van der Waals surface area contributed by atoms with E-state index in [1.165, 1.54) is 12.1 Å². The van der Waals surface area contributed by atoms with Crippen LogP contribution in [0.2, 0.25) is 0 Å². The number of nitro benzene ring substituents is 1. The predicted molar refractivity (Wildman–Crippen MR) is 82.2 cm³/mol. The molecule has 1 aromatic rings. The fourth-order valence-corrected chi connectivity index (χ4v) is 1.64. The highest BCUT2D eigenvalue weighted by Crippen LogP contribution is 2.27. The Morgan fingerprint density at radius 1 is 1.22 bits per heavy atom. The van der Waals surface area contributed by atoms with E-state index in [2.05, 4.69) is 10.5 Å². The first-order chi connectivity index (χ1) is 10.9. The second kappa shape index (κ2) is 8.47. The first-order valence-electron chi connectivity index (χ1n) is 6.84. The predicted octanol–water partition coefficient (Wildman–Crippen LogP) is 1.80. The van der Waals surface area contributed by atoms with Crippen molar-refractivity contribution in [3.8, 4) is 0 Å². The Bertz CT molecular complexity index is 621. The lowest BCUT2D eigenvalue weighted by molar-refractivity contribution is -0.384. The molecular formula is C14H17N3O6. The number of hydrogen-bond acceptors (Lipinski definition) is 8. The molecule has 124 valence electrons. The minimum absolute atomic E-state index is 0.0434. The summed E-state index contributed by atoms with van der Waals surface area (Å²) >= 11 is 0. The van der Waals surface area contributed by atoms with Crippen molar-refractivity contribution >= 4 is 29.0 Å². The van der Waals surface area contributed by atoms with Crippen molar-refractivity contribution in [2.24, 2.45) is 5.10 Å². The van der Waals surface area contributed by atoms with Gasteiger partial charge in [0, 0.05) is 6.07 Å². The van der Waals surface area contributed by atoms with E-state index in [0.29, 0.717) is 5.56 Å². The van der Waals surface area contributed by atoms with Crippen molar-refractivity contribution in [1.29, 1.82) is 0 Å². The molecule has 0 radical (unpaired) electrons. The maximum Gasteiger partial charge on any atom is 0.366 e. The molecule has 0 saturated carbocycles. The van der Waals surface area contributed by atoms with Gasteiger partial charge in [0.1, 0.15) is 5.69 Å². The highest BCUT2D eigenvalue weighted by atomic mass is 16.6. The molecule has 0 aliphatic carbocycles. The van der Waals surface area contributed by atoms with Crippen molar-refractivity contribution in [1.82, 2.24) is 0 Å². The van der Waals surface area contributed by atoms with Crippen LogP contribution >= 0.6 is 0 Å². The Morgan fingerprint density at radius 2 is 1.78 bits per heavy atom. The van der Waals surface area contributed by atoms with Crippen molar-refractivity contribution < 1.29 is 24.0 Å². The zero-order valence-electron chi connectivity index (χ0n) is 13.0. The Kier molecular flexibility index (Phi) is 6.66. The van der Waals surface area contributed by atoms with Crippen LogP contribution in [0.1, 0.15) is 19.4 Å². The molecule has 0 aliphatic rings. The molecule has 0 saturated heterocycles. The molecule has 23 heavy (non-hydrogen) atoms. The second-order valence-corrected chi connectivity index (χ2v) is 4.24. The zero-order valence-corrected chi connectivity index (χ0v) is 13.0. The van der Waals surface area contributed by atoms with Gasteiger partial charge >= 0.3 is 11.9 Å². The standard InChI is InChI=1S/C14H17N3O6/c1-4-22-13(18)12(14(19)23-5-2)16-15-11-9(3)7-6-8-10(11)17(20)21/h6-8,15H,4-5H2,1-3H3. The Hall–Kier alpha value is -2.97. The van der Waals surface area contributed by atoms with Gasteiger partial charge in [-0.25, -0.2) is 9.59 Å². The van der Waals surface area contributed by atoms with Crippen LogP contribution in [0, 0.1) is 17.0 Å². The molecular weight excluding hydrogens is 306 g/mol. The molecule has 0 spiro atoms. The molecule has 9 nitrogen and oxygen atoms in total. The average Bonchev–Trinajstić information content (AvgIpc) is 2.49. The van der Waals surface area contributed by atoms with E-state index in [-0.39, 0.29) is 24.6 Å². The van der Waals surface area contributed by atoms with Gasteiger partial charge in [-0.15, -0.1) is 0 Å². The van der Waals surface area contributed by atoms with Gasteiger partial charge in [0.15, 0.2) is 0 Å². The molecule has 9 heteroatoms. The van der Waals surface area contributed by atoms with Crippen LogP contribution in [0.15, 0.2) is 23.3 Å². The molecule has 0 fully saturated rings. The van der Waals surface area contributed by atoms with Crippen LogP contribution in [-0.2, 0) is 19.1 Å². The third-order valence-corrected chi connectivity index (χ3v) is 2.66. The molecule has 0 amide bonds. The molecule has 0 heterocycles. The summed E-state index contributed by atoms with van der Waals surface area (Å²) in [7, 11) is 0. The summed E-state index contributed by atoms with van der Waals surface area (Å²) in [4.78, 5) is 33.9.